The second-order valence-corrected chi connectivity index (χ2v) is 3.49. The van der Waals surface area contributed by atoms with Crippen molar-refractivity contribution in [2.45, 2.75) is 19.8 Å². The van der Waals surface area contributed by atoms with Gasteiger partial charge in [0.2, 0.25) is 0 Å². The molecule has 0 fully saturated rings. The SMILES string of the molecule is CCCCNC(=O)c1ccc(Br)o1. The van der Waals surface area contributed by atoms with Gasteiger partial charge in [0, 0.05) is 6.54 Å². The van der Waals surface area contributed by atoms with Crippen LogP contribution >= 0.6 is 15.9 Å². The van der Waals surface area contributed by atoms with Gasteiger partial charge in [0.05, 0.1) is 0 Å². The van der Waals surface area contributed by atoms with Crippen LogP contribution in [0.2, 0.25) is 0 Å². The van der Waals surface area contributed by atoms with Gasteiger partial charge in [-0.25, -0.2) is 0 Å². The number of rotatable bonds is 4. The molecule has 1 heterocycles. The van der Waals surface area contributed by atoms with Crippen molar-refractivity contribution in [3.05, 3.63) is 22.6 Å². The highest BCUT2D eigenvalue weighted by molar-refractivity contribution is 9.10. The fraction of sp³-hybridized carbons (Fsp3) is 0.444. The first-order chi connectivity index (χ1) is 6.24. The first-order valence-corrected chi connectivity index (χ1v) is 5.07. The molecule has 3 nitrogen and oxygen atoms in total. The summed E-state index contributed by atoms with van der Waals surface area (Å²) >= 11 is 3.14. The minimum atomic E-state index is -0.154. The standard InChI is InChI=1S/C9H12BrNO2/c1-2-3-6-11-9(12)7-4-5-8(10)13-7/h4-5H,2-3,6H2,1H3,(H,11,12). The fourth-order valence-electron chi connectivity index (χ4n) is 0.902. The fourth-order valence-corrected chi connectivity index (χ4v) is 1.21. The van der Waals surface area contributed by atoms with Crippen LogP contribution in [0.1, 0.15) is 30.3 Å². The Morgan fingerprint density at radius 1 is 1.62 bits per heavy atom. The second kappa shape index (κ2) is 5.07. The molecule has 13 heavy (non-hydrogen) atoms. The molecule has 0 bridgehead atoms. The van der Waals surface area contributed by atoms with Gasteiger partial charge in [-0.05, 0) is 34.5 Å². The van der Waals surface area contributed by atoms with Gasteiger partial charge in [0.25, 0.3) is 5.91 Å². The lowest BCUT2D eigenvalue weighted by atomic mass is 10.3. The Kier molecular flexibility index (Phi) is 4.02. The molecule has 0 aromatic carbocycles. The van der Waals surface area contributed by atoms with E-state index in [2.05, 4.69) is 28.2 Å². The Morgan fingerprint density at radius 3 is 2.92 bits per heavy atom. The number of halogens is 1. The van der Waals surface area contributed by atoms with Gasteiger partial charge in [-0.1, -0.05) is 13.3 Å². The highest BCUT2D eigenvalue weighted by atomic mass is 79.9. The summed E-state index contributed by atoms with van der Waals surface area (Å²) < 4.78 is 5.66. The van der Waals surface area contributed by atoms with E-state index >= 15 is 0 Å². The molecule has 0 unspecified atom stereocenters. The molecule has 0 atom stereocenters. The first kappa shape index (κ1) is 10.3. The van der Waals surface area contributed by atoms with Crippen molar-refractivity contribution in [1.82, 2.24) is 5.32 Å². The van der Waals surface area contributed by atoms with Crippen LogP contribution < -0.4 is 5.32 Å². The Morgan fingerprint density at radius 2 is 2.38 bits per heavy atom. The molecule has 0 radical (unpaired) electrons. The Bertz CT molecular complexity index is 283. The van der Waals surface area contributed by atoms with Gasteiger partial charge in [-0.15, -0.1) is 0 Å². The predicted molar refractivity (Wildman–Crippen MR) is 53.6 cm³/mol. The molecule has 1 aromatic heterocycles. The van der Waals surface area contributed by atoms with E-state index < -0.39 is 0 Å². The normalized spacial score (nSPS) is 10.0. The molecular formula is C9H12BrNO2. The van der Waals surface area contributed by atoms with E-state index in [-0.39, 0.29) is 5.91 Å². The number of nitrogens with one attached hydrogen (secondary N) is 1. The first-order valence-electron chi connectivity index (χ1n) is 4.27. The Labute approximate surface area is 85.6 Å². The molecule has 4 heteroatoms. The van der Waals surface area contributed by atoms with E-state index in [1.165, 1.54) is 0 Å². The summed E-state index contributed by atoms with van der Waals surface area (Å²) in [6, 6.07) is 3.35. The Balaban J connectivity index is 2.40. The zero-order valence-electron chi connectivity index (χ0n) is 7.47. The second-order valence-electron chi connectivity index (χ2n) is 2.71. The number of hydrogen-bond donors (Lipinski definition) is 1. The number of carbonyl (C=O) groups excluding carboxylic acids is 1. The zero-order valence-corrected chi connectivity index (χ0v) is 9.06. The van der Waals surface area contributed by atoms with Crippen LogP contribution in [0.4, 0.5) is 0 Å². The van der Waals surface area contributed by atoms with Gasteiger partial charge >= 0.3 is 0 Å². The van der Waals surface area contributed by atoms with Crippen LogP contribution in [0.15, 0.2) is 21.2 Å². The number of carbonyl (C=O) groups is 1. The quantitative estimate of drug-likeness (QED) is 0.829. The topological polar surface area (TPSA) is 42.2 Å². The summed E-state index contributed by atoms with van der Waals surface area (Å²) in [4.78, 5) is 11.3. The van der Waals surface area contributed by atoms with E-state index in [4.69, 9.17) is 4.42 Å². The molecule has 72 valence electrons. The molecule has 0 aliphatic heterocycles. The molecule has 0 saturated carbocycles. The lowest BCUT2D eigenvalue weighted by Crippen LogP contribution is -2.23. The lowest BCUT2D eigenvalue weighted by Gasteiger charge is -2.00. The summed E-state index contributed by atoms with van der Waals surface area (Å²) in [6.45, 7) is 2.78. The van der Waals surface area contributed by atoms with Crippen molar-refractivity contribution < 1.29 is 9.21 Å². The summed E-state index contributed by atoms with van der Waals surface area (Å²) in [5.74, 6) is 0.196. The van der Waals surface area contributed by atoms with Gasteiger partial charge in [-0.2, -0.15) is 0 Å². The zero-order chi connectivity index (χ0) is 9.68. The van der Waals surface area contributed by atoms with Crippen LogP contribution in [-0.2, 0) is 0 Å². The van der Waals surface area contributed by atoms with Crippen LogP contribution in [0.5, 0.6) is 0 Å². The number of amides is 1. The molecule has 0 saturated heterocycles. The molecule has 0 aliphatic rings. The summed E-state index contributed by atoms with van der Waals surface area (Å²) in [7, 11) is 0. The van der Waals surface area contributed by atoms with E-state index in [0.29, 0.717) is 17.0 Å². The maximum absolute atomic E-state index is 11.3. The summed E-state index contributed by atoms with van der Waals surface area (Å²) in [5, 5.41) is 2.76. The third kappa shape index (κ3) is 3.22. The van der Waals surface area contributed by atoms with E-state index in [9.17, 15) is 4.79 Å². The van der Waals surface area contributed by atoms with Crippen molar-refractivity contribution in [3.8, 4) is 0 Å². The number of hydrogen-bond acceptors (Lipinski definition) is 2. The van der Waals surface area contributed by atoms with Crippen molar-refractivity contribution in [1.29, 1.82) is 0 Å². The predicted octanol–water partition coefficient (Wildman–Crippen LogP) is 2.57. The third-order valence-corrected chi connectivity index (χ3v) is 2.04. The van der Waals surface area contributed by atoms with Crippen LogP contribution in [0, 0.1) is 0 Å². The third-order valence-electron chi connectivity index (χ3n) is 1.61. The number of unbranched alkanes of at least 4 members (excludes halogenated alkanes) is 1. The van der Waals surface area contributed by atoms with Gasteiger partial charge in [-0.3, -0.25) is 4.79 Å². The van der Waals surface area contributed by atoms with Crippen molar-refractivity contribution in [2.75, 3.05) is 6.54 Å². The van der Waals surface area contributed by atoms with E-state index in [0.717, 1.165) is 12.8 Å². The van der Waals surface area contributed by atoms with E-state index in [1.54, 1.807) is 12.1 Å². The molecule has 1 aromatic rings. The number of furan rings is 1. The van der Waals surface area contributed by atoms with Crippen LogP contribution in [0.25, 0.3) is 0 Å². The highest BCUT2D eigenvalue weighted by Gasteiger charge is 2.08. The minimum Gasteiger partial charge on any atom is -0.444 e. The monoisotopic (exact) mass is 245 g/mol. The molecule has 1 amide bonds. The molecule has 1 N–H and O–H groups in total. The maximum atomic E-state index is 11.3. The summed E-state index contributed by atoms with van der Waals surface area (Å²) in [5.41, 5.74) is 0. The average Bonchev–Trinajstić information content (AvgIpc) is 2.52. The maximum Gasteiger partial charge on any atom is 0.287 e. The van der Waals surface area contributed by atoms with Gasteiger partial charge in [0.15, 0.2) is 10.4 Å². The minimum absolute atomic E-state index is 0.154. The molecule has 1 rings (SSSR count). The van der Waals surface area contributed by atoms with Gasteiger partial charge in [0.1, 0.15) is 0 Å². The lowest BCUT2D eigenvalue weighted by molar-refractivity contribution is 0.0924. The van der Waals surface area contributed by atoms with Crippen molar-refractivity contribution in [3.63, 3.8) is 0 Å². The smallest absolute Gasteiger partial charge is 0.287 e. The molecule has 0 spiro atoms. The van der Waals surface area contributed by atoms with Crippen molar-refractivity contribution in [2.24, 2.45) is 0 Å². The van der Waals surface area contributed by atoms with Crippen LogP contribution in [0.3, 0.4) is 0 Å². The Hall–Kier alpha value is -0.770. The van der Waals surface area contributed by atoms with Crippen molar-refractivity contribution >= 4 is 21.8 Å². The largest absolute Gasteiger partial charge is 0.444 e. The highest BCUT2D eigenvalue weighted by Crippen LogP contribution is 2.13. The molecular weight excluding hydrogens is 234 g/mol. The van der Waals surface area contributed by atoms with Crippen LogP contribution in [-0.4, -0.2) is 12.5 Å². The molecule has 0 aliphatic carbocycles. The average molecular weight is 246 g/mol. The van der Waals surface area contributed by atoms with E-state index in [1.807, 2.05) is 0 Å². The summed E-state index contributed by atoms with van der Waals surface area (Å²) in [6.07, 6.45) is 2.07. The van der Waals surface area contributed by atoms with Gasteiger partial charge < -0.3 is 9.73 Å².